The molecule has 1 aliphatic rings. The smallest absolute Gasteiger partial charge is 0.316 e. The van der Waals surface area contributed by atoms with E-state index >= 15 is 0 Å². The zero-order chi connectivity index (χ0) is 22.1. The average Bonchev–Trinajstić information content (AvgIpc) is 2.77. The maximum absolute atomic E-state index is 14.0. The van der Waals surface area contributed by atoms with Gasteiger partial charge in [0.05, 0.1) is 11.0 Å². The summed E-state index contributed by atoms with van der Waals surface area (Å²) in [6.07, 6.45) is 0. The van der Waals surface area contributed by atoms with E-state index in [1.807, 2.05) is 0 Å². The summed E-state index contributed by atoms with van der Waals surface area (Å²) in [6.45, 7) is 4.71. The highest BCUT2D eigenvalue weighted by Crippen LogP contribution is 2.22. The van der Waals surface area contributed by atoms with Crippen LogP contribution in [0.3, 0.4) is 0 Å². The van der Waals surface area contributed by atoms with E-state index in [1.165, 1.54) is 10.6 Å². The Kier molecular flexibility index (Phi) is 5.93. The summed E-state index contributed by atoms with van der Waals surface area (Å²) in [6, 6.07) is 9.59. The summed E-state index contributed by atoms with van der Waals surface area (Å²) in [7, 11) is 0. The Morgan fingerprint density at radius 3 is 2.55 bits per heavy atom. The number of fused-ring (bicyclic) bond motifs is 1. The fourth-order valence-electron chi connectivity index (χ4n) is 3.92. The zero-order valence-electron chi connectivity index (χ0n) is 17.0. The molecule has 7 nitrogen and oxygen atoms in total. The van der Waals surface area contributed by atoms with Crippen LogP contribution in [0.25, 0.3) is 11.0 Å². The van der Waals surface area contributed by atoms with Crippen LogP contribution in [0.1, 0.15) is 22.8 Å². The molecule has 0 unspecified atom stereocenters. The molecular weight excluding hydrogens is 423 g/mol. The van der Waals surface area contributed by atoms with Crippen molar-refractivity contribution in [1.29, 1.82) is 0 Å². The van der Waals surface area contributed by atoms with E-state index in [0.29, 0.717) is 66.5 Å². The lowest BCUT2D eigenvalue weighted by atomic mass is 10.1. The van der Waals surface area contributed by atoms with Crippen molar-refractivity contribution in [3.05, 3.63) is 79.1 Å². The number of halogens is 2. The summed E-state index contributed by atoms with van der Waals surface area (Å²) < 4.78 is 15.4. The molecule has 0 bridgehead atoms. The third kappa shape index (κ3) is 4.13. The topological polar surface area (TPSA) is 78.4 Å². The number of aromatic amines is 1. The van der Waals surface area contributed by atoms with Gasteiger partial charge in [0, 0.05) is 55.4 Å². The largest absolute Gasteiger partial charge is 0.336 e. The van der Waals surface area contributed by atoms with Crippen LogP contribution in [-0.4, -0.2) is 51.4 Å². The molecule has 1 amide bonds. The molecule has 1 aromatic heterocycles. The Bertz CT molecular complexity index is 1240. The standard InChI is InChI=1S/C22H22ClFN4O3/c1-2-28-19-7-6-14(12-18(19)25-20(29)22(28)31)21(30)27-10-8-26(9-11-27)13-15-16(23)4-3-5-17(15)24/h3-7,12H,2,8-11,13H2,1H3,(H,25,29). The van der Waals surface area contributed by atoms with Gasteiger partial charge in [-0.1, -0.05) is 17.7 Å². The quantitative estimate of drug-likeness (QED) is 0.627. The maximum Gasteiger partial charge on any atom is 0.316 e. The minimum atomic E-state index is -0.709. The Labute approximate surface area is 182 Å². The van der Waals surface area contributed by atoms with Gasteiger partial charge in [0.1, 0.15) is 5.82 Å². The van der Waals surface area contributed by atoms with Crippen molar-refractivity contribution in [2.45, 2.75) is 20.0 Å². The molecule has 2 aromatic carbocycles. The van der Waals surface area contributed by atoms with Crippen molar-refractivity contribution >= 4 is 28.5 Å². The van der Waals surface area contributed by atoms with Crippen molar-refractivity contribution in [1.82, 2.24) is 19.4 Å². The molecule has 0 atom stereocenters. The summed E-state index contributed by atoms with van der Waals surface area (Å²) in [4.78, 5) is 43.2. The number of H-pyrrole nitrogens is 1. The third-order valence-electron chi connectivity index (χ3n) is 5.64. The van der Waals surface area contributed by atoms with Crippen LogP contribution in [0.15, 0.2) is 46.0 Å². The van der Waals surface area contributed by atoms with Gasteiger partial charge >= 0.3 is 11.1 Å². The molecule has 1 fully saturated rings. The number of rotatable bonds is 4. The number of nitrogens with one attached hydrogen (secondary N) is 1. The predicted molar refractivity (Wildman–Crippen MR) is 117 cm³/mol. The number of nitrogens with zero attached hydrogens (tertiary/aromatic N) is 3. The van der Waals surface area contributed by atoms with Gasteiger partial charge in [-0.25, -0.2) is 4.39 Å². The summed E-state index contributed by atoms with van der Waals surface area (Å²) >= 11 is 6.12. The van der Waals surface area contributed by atoms with E-state index in [0.717, 1.165) is 0 Å². The molecule has 1 N–H and O–H groups in total. The van der Waals surface area contributed by atoms with Crippen LogP contribution < -0.4 is 11.1 Å². The first-order chi connectivity index (χ1) is 14.9. The first kappa shape index (κ1) is 21.3. The predicted octanol–water partition coefficient (Wildman–Crippen LogP) is 2.46. The minimum absolute atomic E-state index is 0.152. The highest BCUT2D eigenvalue weighted by molar-refractivity contribution is 6.31. The second kappa shape index (κ2) is 8.64. The average molecular weight is 445 g/mol. The lowest BCUT2D eigenvalue weighted by Crippen LogP contribution is -2.48. The number of carbonyl (C=O) groups excluding carboxylic acids is 1. The van der Waals surface area contributed by atoms with Crippen LogP contribution in [0, 0.1) is 5.82 Å². The van der Waals surface area contributed by atoms with E-state index in [2.05, 4.69) is 9.88 Å². The number of hydrogen-bond acceptors (Lipinski definition) is 4. The highest BCUT2D eigenvalue weighted by atomic mass is 35.5. The SMILES string of the molecule is CCn1c(=O)c(=O)[nH]c2cc(C(=O)N3CCN(Cc4c(F)cccc4Cl)CC3)ccc21. The van der Waals surface area contributed by atoms with Crippen molar-refractivity contribution in [3.63, 3.8) is 0 Å². The normalized spacial score (nSPS) is 14.9. The van der Waals surface area contributed by atoms with Crippen LogP contribution in [0.4, 0.5) is 4.39 Å². The molecule has 0 saturated carbocycles. The van der Waals surface area contributed by atoms with Gasteiger partial charge < -0.3 is 14.5 Å². The first-order valence-corrected chi connectivity index (χ1v) is 10.5. The second-order valence-electron chi connectivity index (χ2n) is 7.50. The number of aromatic nitrogens is 2. The molecule has 3 aromatic rings. The van der Waals surface area contributed by atoms with Gasteiger partial charge in [-0.2, -0.15) is 0 Å². The molecule has 2 heterocycles. The number of benzene rings is 2. The monoisotopic (exact) mass is 444 g/mol. The molecular formula is C22H22ClFN4O3. The van der Waals surface area contributed by atoms with Crippen molar-refractivity contribution in [2.24, 2.45) is 0 Å². The number of amides is 1. The first-order valence-electron chi connectivity index (χ1n) is 10.1. The maximum atomic E-state index is 14.0. The molecule has 1 aliphatic heterocycles. The van der Waals surface area contributed by atoms with Gasteiger partial charge in [-0.15, -0.1) is 0 Å². The van der Waals surface area contributed by atoms with Gasteiger partial charge in [0.15, 0.2) is 0 Å². The van der Waals surface area contributed by atoms with Gasteiger partial charge in [-0.05, 0) is 37.3 Å². The molecule has 9 heteroatoms. The van der Waals surface area contributed by atoms with Crippen LogP contribution in [-0.2, 0) is 13.1 Å². The van der Waals surface area contributed by atoms with Crippen LogP contribution >= 0.6 is 11.6 Å². The van der Waals surface area contributed by atoms with Gasteiger partial charge in [-0.3, -0.25) is 19.3 Å². The zero-order valence-corrected chi connectivity index (χ0v) is 17.8. The fraction of sp³-hybridized carbons (Fsp3) is 0.318. The number of hydrogen-bond donors (Lipinski definition) is 1. The number of piperazine rings is 1. The Morgan fingerprint density at radius 2 is 1.87 bits per heavy atom. The molecule has 0 aliphatic carbocycles. The van der Waals surface area contributed by atoms with E-state index in [-0.39, 0.29) is 11.7 Å². The Balaban J connectivity index is 1.48. The van der Waals surface area contributed by atoms with E-state index < -0.39 is 11.1 Å². The van der Waals surface area contributed by atoms with Crippen molar-refractivity contribution in [2.75, 3.05) is 26.2 Å². The summed E-state index contributed by atoms with van der Waals surface area (Å²) in [5.74, 6) is -0.484. The summed E-state index contributed by atoms with van der Waals surface area (Å²) in [5.41, 5.74) is 0.610. The third-order valence-corrected chi connectivity index (χ3v) is 6.00. The summed E-state index contributed by atoms with van der Waals surface area (Å²) in [5, 5.41) is 0.397. The molecule has 1 saturated heterocycles. The van der Waals surface area contributed by atoms with Gasteiger partial charge in [0.25, 0.3) is 5.91 Å². The number of aryl methyl sites for hydroxylation is 1. The highest BCUT2D eigenvalue weighted by Gasteiger charge is 2.24. The van der Waals surface area contributed by atoms with Crippen LogP contribution in [0.2, 0.25) is 5.02 Å². The van der Waals surface area contributed by atoms with E-state index in [4.69, 9.17) is 11.6 Å². The van der Waals surface area contributed by atoms with Crippen molar-refractivity contribution < 1.29 is 9.18 Å². The second-order valence-corrected chi connectivity index (χ2v) is 7.91. The Morgan fingerprint density at radius 1 is 1.13 bits per heavy atom. The fourth-order valence-corrected chi connectivity index (χ4v) is 4.15. The van der Waals surface area contributed by atoms with Crippen LogP contribution in [0.5, 0.6) is 0 Å². The minimum Gasteiger partial charge on any atom is -0.336 e. The number of carbonyl (C=O) groups is 1. The van der Waals surface area contributed by atoms with Crippen molar-refractivity contribution in [3.8, 4) is 0 Å². The van der Waals surface area contributed by atoms with E-state index in [1.54, 1.807) is 42.2 Å². The molecule has 0 radical (unpaired) electrons. The lowest BCUT2D eigenvalue weighted by molar-refractivity contribution is 0.0627. The van der Waals surface area contributed by atoms with E-state index in [9.17, 15) is 18.8 Å². The molecule has 31 heavy (non-hydrogen) atoms. The molecule has 162 valence electrons. The lowest BCUT2D eigenvalue weighted by Gasteiger charge is -2.35. The molecule has 0 spiro atoms. The van der Waals surface area contributed by atoms with Gasteiger partial charge in [0.2, 0.25) is 0 Å². The molecule has 4 rings (SSSR count). The Hall–Kier alpha value is -2.97.